The molecule has 6 heteroatoms. The van der Waals surface area contributed by atoms with E-state index in [0.29, 0.717) is 39.5 Å². The van der Waals surface area contributed by atoms with E-state index >= 15 is 0 Å². The fourth-order valence-corrected chi connectivity index (χ4v) is 1.75. The Bertz CT molecular complexity index is 430. The lowest BCUT2D eigenvalue weighted by molar-refractivity contribution is -0.124. The third-order valence-electron chi connectivity index (χ3n) is 3.10. The summed E-state index contributed by atoms with van der Waals surface area (Å²) in [6, 6.07) is 7.99. The van der Waals surface area contributed by atoms with Crippen LogP contribution in [0.25, 0.3) is 0 Å². The van der Waals surface area contributed by atoms with Crippen molar-refractivity contribution >= 4 is 18.3 Å². The van der Waals surface area contributed by atoms with Crippen LogP contribution in [0.1, 0.15) is 25.0 Å². The zero-order valence-corrected chi connectivity index (χ0v) is 14.2. The van der Waals surface area contributed by atoms with Gasteiger partial charge < -0.3 is 20.5 Å². The summed E-state index contributed by atoms with van der Waals surface area (Å²) in [5.74, 6) is -0.175. The summed E-state index contributed by atoms with van der Waals surface area (Å²) < 4.78 is 10.7. The molecule has 1 rings (SSSR count). The molecule has 0 aromatic heterocycles. The molecular weight excluding hydrogens is 304 g/mol. The smallest absolute Gasteiger partial charge is 0.224 e. The number of nitrogens with two attached hydrogens (primary N) is 1. The first kappa shape index (κ1) is 20.9. The molecule has 0 spiro atoms. The van der Waals surface area contributed by atoms with Crippen LogP contribution in [-0.2, 0) is 27.4 Å². The molecule has 0 saturated carbocycles. The van der Waals surface area contributed by atoms with Gasteiger partial charge in [-0.15, -0.1) is 12.4 Å². The summed E-state index contributed by atoms with van der Waals surface area (Å²) in [5.41, 5.74) is 7.61. The van der Waals surface area contributed by atoms with Crippen LogP contribution < -0.4 is 11.1 Å². The molecule has 0 fully saturated rings. The van der Waals surface area contributed by atoms with Gasteiger partial charge in [-0.1, -0.05) is 31.2 Å². The molecule has 1 aromatic rings. The largest absolute Gasteiger partial charge is 0.379 e. The van der Waals surface area contributed by atoms with E-state index in [1.54, 1.807) is 0 Å². The summed E-state index contributed by atoms with van der Waals surface area (Å²) in [6.45, 7) is 7.11. The van der Waals surface area contributed by atoms with Crippen LogP contribution in [0.15, 0.2) is 24.3 Å². The maximum Gasteiger partial charge on any atom is 0.224 e. The van der Waals surface area contributed by atoms with Gasteiger partial charge in [0.2, 0.25) is 5.91 Å². The van der Waals surface area contributed by atoms with E-state index in [4.69, 9.17) is 15.2 Å². The van der Waals surface area contributed by atoms with Gasteiger partial charge in [0.25, 0.3) is 0 Å². The molecule has 1 aromatic carbocycles. The zero-order valence-electron chi connectivity index (χ0n) is 13.3. The van der Waals surface area contributed by atoms with Crippen molar-refractivity contribution in [3.63, 3.8) is 0 Å². The second-order valence-corrected chi connectivity index (χ2v) is 4.92. The predicted molar refractivity (Wildman–Crippen MR) is 89.9 cm³/mol. The minimum absolute atomic E-state index is 0. The van der Waals surface area contributed by atoms with Gasteiger partial charge in [-0.3, -0.25) is 4.79 Å². The van der Waals surface area contributed by atoms with Crippen LogP contribution in [0.4, 0.5) is 0 Å². The highest BCUT2D eigenvalue weighted by molar-refractivity contribution is 5.85. The van der Waals surface area contributed by atoms with E-state index in [0.717, 1.165) is 11.1 Å². The van der Waals surface area contributed by atoms with Crippen molar-refractivity contribution < 1.29 is 14.3 Å². The van der Waals surface area contributed by atoms with Crippen LogP contribution in [-0.4, -0.2) is 32.3 Å². The maximum atomic E-state index is 11.7. The van der Waals surface area contributed by atoms with Crippen molar-refractivity contribution in [3.05, 3.63) is 35.4 Å². The van der Waals surface area contributed by atoms with Crippen molar-refractivity contribution in [2.45, 2.75) is 27.0 Å². The topological polar surface area (TPSA) is 73.6 Å². The molecular formula is C16H27ClN2O3. The van der Waals surface area contributed by atoms with Crippen LogP contribution in [0, 0.1) is 5.92 Å². The predicted octanol–water partition coefficient (Wildman–Crippen LogP) is 1.87. The molecule has 0 heterocycles. The Kier molecular flexibility index (Phi) is 11.8. The SMILES string of the molecule is CCOCCOCc1cccc(CNC(=O)C(C)CN)c1.Cl. The Morgan fingerprint density at radius 3 is 2.64 bits per heavy atom. The van der Waals surface area contributed by atoms with Crippen molar-refractivity contribution in [3.8, 4) is 0 Å². The lowest BCUT2D eigenvalue weighted by Gasteiger charge is -2.11. The first-order valence-corrected chi connectivity index (χ1v) is 7.38. The zero-order chi connectivity index (χ0) is 15.5. The summed E-state index contributed by atoms with van der Waals surface area (Å²) >= 11 is 0. The van der Waals surface area contributed by atoms with Gasteiger partial charge in [-0.05, 0) is 18.1 Å². The summed E-state index contributed by atoms with van der Waals surface area (Å²) in [7, 11) is 0. The van der Waals surface area contributed by atoms with Crippen molar-refractivity contribution in [2.24, 2.45) is 11.7 Å². The standard InChI is InChI=1S/C16H26N2O3.ClH/c1-3-20-7-8-21-12-15-6-4-5-14(9-15)11-18-16(19)13(2)10-17;/h4-6,9,13H,3,7-8,10-12,17H2,1-2H3,(H,18,19);1H. The molecule has 1 amide bonds. The summed E-state index contributed by atoms with van der Waals surface area (Å²) in [6.07, 6.45) is 0. The Hall–Kier alpha value is -1.14. The van der Waals surface area contributed by atoms with E-state index in [2.05, 4.69) is 5.32 Å². The summed E-state index contributed by atoms with van der Waals surface area (Å²) in [5, 5.41) is 2.88. The number of ether oxygens (including phenoxy) is 2. The third kappa shape index (κ3) is 8.34. The van der Waals surface area contributed by atoms with Crippen LogP contribution >= 0.6 is 12.4 Å². The fraction of sp³-hybridized carbons (Fsp3) is 0.562. The van der Waals surface area contributed by atoms with Crippen molar-refractivity contribution in [2.75, 3.05) is 26.4 Å². The van der Waals surface area contributed by atoms with Gasteiger partial charge in [0.05, 0.1) is 19.8 Å². The van der Waals surface area contributed by atoms with Gasteiger partial charge in [0.15, 0.2) is 0 Å². The van der Waals surface area contributed by atoms with E-state index in [1.165, 1.54) is 0 Å². The number of benzene rings is 1. The minimum Gasteiger partial charge on any atom is -0.379 e. The number of nitrogens with one attached hydrogen (secondary N) is 1. The molecule has 22 heavy (non-hydrogen) atoms. The van der Waals surface area contributed by atoms with Gasteiger partial charge in [0.1, 0.15) is 0 Å². The monoisotopic (exact) mass is 330 g/mol. The molecule has 0 aliphatic rings. The van der Waals surface area contributed by atoms with Crippen LogP contribution in [0.2, 0.25) is 0 Å². The lowest BCUT2D eigenvalue weighted by Crippen LogP contribution is -2.32. The first-order chi connectivity index (χ1) is 10.2. The second kappa shape index (κ2) is 12.4. The second-order valence-electron chi connectivity index (χ2n) is 4.92. The number of halogens is 1. The average Bonchev–Trinajstić information content (AvgIpc) is 2.52. The van der Waals surface area contributed by atoms with Gasteiger partial charge >= 0.3 is 0 Å². The third-order valence-corrected chi connectivity index (χ3v) is 3.10. The molecule has 0 radical (unpaired) electrons. The molecule has 0 saturated heterocycles. The van der Waals surface area contributed by atoms with Crippen molar-refractivity contribution in [1.82, 2.24) is 5.32 Å². The normalized spacial score (nSPS) is 11.6. The van der Waals surface area contributed by atoms with E-state index in [-0.39, 0.29) is 24.2 Å². The lowest BCUT2D eigenvalue weighted by atomic mass is 10.1. The number of hydrogen-bond donors (Lipinski definition) is 2. The van der Waals surface area contributed by atoms with Gasteiger partial charge in [0, 0.05) is 25.6 Å². The summed E-state index contributed by atoms with van der Waals surface area (Å²) in [4.78, 5) is 11.7. The number of rotatable bonds is 10. The average molecular weight is 331 g/mol. The highest BCUT2D eigenvalue weighted by Gasteiger charge is 2.09. The number of amides is 1. The molecule has 0 bridgehead atoms. The Balaban J connectivity index is 0.00000441. The molecule has 0 aliphatic carbocycles. The van der Waals surface area contributed by atoms with E-state index in [9.17, 15) is 4.79 Å². The molecule has 126 valence electrons. The quantitative estimate of drug-likeness (QED) is 0.642. The Morgan fingerprint density at radius 2 is 1.95 bits per heavy atom. The first-order valence-electron chi connectivity index (χ1n) is 7.38. The number of carbonyl (C=O) groups is 1. The molecule has 1 unspecified atom stereocenters. The molecule has 0 aliphatic heterocycles. The number of hydrogen-bond acceptors (Lipinski definition) is 4. The van der Waals surface area contributed by atoms with Gasteiger partial charge in [-0.25, -0.2) is 0 Å². The highest BCUT2D eigenvalue weighted by atomic mass is 35.5. The highest BCUT2D eigenvalue weighted by Crippen LogP contribution is 2.07. The van der Waals surface area contributed by atoms with Crippen LogP contribution in [0.5, 0.6) is 0 Å². The molecule has 1 atom stereocenters. The van der Waals surface area contributed by atoms with Crippen LogP contribution in [0.3, 0.4) is 0 Å². The van der Waals surface area contributed by atoms with E-state index in [1.807, 2.05) is 38.1 Å². The van der Waals surface area contributed by atoms with Crippen molar-refractivity contribution in [1.29, 1.82) is 0 Å². The fourth-order valence-electron chi connectivity index (χ4n) is 1.75. The molecule has 3 N–H and O–H groups in total. The molecule has 5 nitrogen and oxygen atoms in total. The Labute approximate surface area is 139 Å². The maximum absolute atomic E-state index is 11.7. The number of carbonyl (C=O) groups excluding carboxylic acids is 1. The minimum atomic E-state index is -0.157. The van der Waals surface area contributed by atoms with E-state index < -0.39 is 0 Å². The Morgan fingerprint density at radius 1 is 1.27 bits per heavy atom. The van der Waals surface area contributed by atoms with Gasteiger partial charge in [-0.2, -0.15) is 0 Å².